The molecule has 0 aromatic heterocycles. The molecule has 1 fully saturated rings. The van der Waals surface area contributed by atoms with Crippen LogP contribution in [0.4, 0.5) is 4.39 Å². The highest BCUT2D eigenvalue weighted by Gasteiger charge is 2.27. The topological polar surface area (TPSA) is 71.9 Å². The smallest absolute Gasteiger partial charge is 0.251 e. The van der Waals surface area contributed by atoms with Crippen LogP contribution in [0, 0.1) is 5.82 Å². The maximum absolute atomic E-state index is 12.9. The van der Waals surface area contributed by atoms with Gasteiger partial charge < -0.3 is 20.3 Å². The number of quaternary nitrogens is 1. The quantitative estimate of drug-likeness (QED) is 0.622. The van der Waals surface area contributed by atoms with Crippen molar-refractivity contribution in [3.63, 3.8) is 0 Å². The molecule has 6 nitrogen and oxygen atoms in total. The highest BCUT2D eigenvalue weighted by atomic mass is 19.1. The van der Waals surface area contributed by atoms with Gasteiger partial charge in [-0.1, -0.05) is 0 Å². The van der Waals surface area contributed by atoms with Crippen LogP contribution >= 0.6 is 0 Å². The van der Waals surface area contributed by atoms with Crippen molar-refractivity contribution in [2.45, 2.75) is 18.9 Å². The fourth-order valence-corrected chi connectivity index (χ4v) is 3.65. The lowest BCUT2D eigenvalue weighted by Gasteiger charge is -2.25. The summed E-state index contributed by atoms with van der Waals surface area (Å²) in [6, 6.07) is 13.3. The van der Waals surface area contributed by atoms with Crippen LogP contribution in [-0.4, -0.2) is 45.1 Å². The summed E-state index contributed by atoms with van der Waals surface area (Å²) in [4.78, 5) is 25.8. The standard InChI is InChI=1S/C22H26FN3O3/c1-29-19-10-6-16(7-11-19)20(26-12-2-3-13-26)14-24-21(27)15-25-22(28)17-4-8-18(23)9-5-17/h4-11,20H,2-3,12-15H2,1H3,(H,24,27)(H,25,28)/p+1/t20-/m1/s1. The third-order valence-electron chi connectivity index (χ3n) is 5.28. The van der Waals surface area contributed by atoms with E-state index in [0.29, 0.717) is 12.1 Å². The number of hydrogen-bond donors (Lipinski definition) is 3. The maximum atomic E-state index is 12.9. The summed E-state index contributed by atoms with van der Waals surface area (Å²) in [7, 11) is 1.64. The maximum Gasteiger partial charge on any atom is 0.251 e. The Hall–Kier alpha value is -2.93. The number of benzene rings is 2. The van der Waals surface area contributed by atoms with Crippen molar-refractivity contribution in [3.05, 3.63) is 65.5 Å². The van der Waals surface area contributed by atoms with Gasteiger partial charge in [-0.05, 0) is 48.5 Å². The first kappa shape index (κ1) is 20.8. The molecule has 0 bridgehead atoms. The number of ether oxygens (including phenoxy) is 1. The third kappa shape index (κ3) is 5.77. The molecule has 2 aromatic carbocycles. The second kappa shape index (κ2) is 10.0. The van der Waals surface area contributed by atoms with Crippen molar-refractivity contribution in [1.29, 1.82) is 0 Å². The highest BCUT2D eigenvalue weighted by molar-refractivity contribution is 5.96. The van der Waals surface area contributed by atoms with E-state index in [1.54, 1.807) is 7.11 Å². The van der Waals surface area contributed by atoms with Crippen LogP contribution in [0.3, 0.4) is 0 Å². The van der Waals surface area contributed by atoms with E-state index in [2.05, 4.69) is 10.6 Å². The zero-order chi connectivity index (χ0) is 20.6. The van der Waals surface area contributed by atoms with Crippen LogP contribution in [-0.2, 0) is 4.79 Å². The zero-order valence-electron chi connectivity index (χ0n) is 16.5. The van der Waals surface area contributed by atoms with Gasteiger partial charge in [0.1, 0.15) is 17.6 Å². The molecule has 1 aliphatic heterocycles. The van der Waals surface area contributed by atoms with Crippen LogP contribution in [0.2, 0.25) is 0 Å². The first-order valence-corrected chi connectivity index (χ1v) is 9.86. The summed E-state index contributed by atoms with van der Waals surface area (Å²) in [5, 5.41) is 5.51. The van der Waals surface area contributed by atoms with E-state index in [1.165, 1.54) is 42.0 Å². The molecule has 1 atom stereocenters. The molecule has 3 N–H and O–H groups in total. The van der Waals surface area contributed by atoms with Gasteiger partial charge in [-0.3, -0.25) is 9.59 Å². The Balaban J connectivity index is 1.54. The number of nitrogens with one attached hydrogen (secondary N) is 3. The van der Waals surface area contributed by atoms with E-state index in [9.17, 15) is 14.0 Å². The van der Waals surface area contributed by atoms with Crippen molar-refractivity contribution < 1.29 is 23.6 Å². The fraction of sp³-hybridized carbons (Fsp3) is 0.364. The summed E-state index contributed by atoms with van der Waals surface area (Å²) in [6.45, 7) is 2.52. The molecule has 0 spiro atoms. The zero-order valence-corrected chi connectivity index (χ0v) is 16.5. The lowest BCUT2D eigenvalue weighted by Crippen LogP contribution is -3.11. The second-order valence-corrected chi connectivity index (χ2v) is 7.18. The molecule has 29 heavy (non-hydrogen) atoms. The van der Waals surface area contributed by atoms with E-state index in [4.69, 9.17) is 4.74 Å². The number of likely N-dealkylation sites (tertiary alicyclic amines) is 1. The number of carbonyl (C=O) groups excluding carboxylic acids is 2. The molecule has 2 amide bonds. The minimum Gasteiger partial charge on any atom is -0.497 e. The molecule has 2 aromatic rings. The summed E-state index contributed by atoms with van der Waals surface area (Å²) in [5.41, 5.74) is 1.47. The molecule has 0 unspecified atom stereocenters. The third-order valence-corrected chi connectivity index (χ3v) is 5.28. The van der Waals surface area contributed by atoms with Crippen LogP contribution in [0.15, 0.2) is 48.5 Å². The molecular formula is C22H27FN3O3+. The highest BCUT2D eigenvalue weighted by Crippen LogP contribution is 2.16. The molecule has 0 aliphatic carbocycles. The number of methoxy groups -OCH3 is 1. The lowest BCUT2D eigenvalue weighted by molar-refractivity contribution is -0.918. The number of halogens is 1. The largest absolute Gasteiger partial charge is 0.497 e. The number of carbonyl (C=O) groups is 2. The van der Waals surface area contributed by atoms with Crippen LogP contribution in [0.5, 0.6) is 5.75 Å². The number of hydrogen-bond acceptors (Lipinski definition) is 3. The first-order valence-electron chi connectivity index (χ1n) is 9.86. The molecule has 3 rings (SSSR count). The summed E-state index contributed by atoms with van der Waals surface area (Å²) < 4.78 is 18.2. The first-order chi connectivity index (χ1) is 14.1. The van der Waals surface area contributed by atoms with Crippen LogP contribution < -0.4 is 20.3 Å². The molecule has 1 aliphatic rings. The lowest BCUT2D eigenvalue weighted by atomic mass is 10.1. The molecule has 0 saturated carbocycles. The second-order valence-electron chi connectivity index (χ2n) is 7.18. The molecule has 7 heteroatoms. The number of amides is 2. The molecule has 154 valence electrons. The Kier molecular flexibility index (Phi) is 7.19. The minimum atomic E-state index is -0.409. The van der Waals surface area contributed by atoms with E-state index >= 15 is 0 Å². The predicted octanol–water partition coefficient (Wildman–Crippen LogP) is 1.10. The molecule has 1 saturated heterocycles. The molecule has 1 heterocycles. The van der Waals surface area contributed by atoms with Gasteiger partial charge in [0.15, 0.2) is 0 Å². The SMILES string of the molecule is COc1ccc([C@@H](CNC(=O)CNC(=O)c2ccc(F)cc2)[NH+]2CCCC2)cc1. The minimum absolute atomic E-state index is 0.124. The number of rotatable bonds is 8. The van der Waals surface area contributed by atoms with E-state index in [0.717, 1.165) is 24.4 Å². The molecular weight excluding hydrogens is 373 g/mol. The average Bonchev–Trinajstić information content (AvgIpc) is 3.27. The van der Waals surface area contributed by atoms with Crippen molar-refractivity contribution in [3.8, 4) is 5.75 Å². The van der Waals surface area contributed by atoms with Crippen molar-refractivity contribution in [1.82, 2.24) is 10.6 Å². The Labute approximate surface area is 170 Å². The summed E-state index contributed by atoms with van der Waals surface area (Å²) in [5.74, 6) is -0.265. The van der Waals surface area contributed by atoms with E-state index in [1.807, 2.05) is 24.3 Å². The fourth-order valence-electron chi connectivity index (χ4n) is 3.65. The van der Waals surface area contributed by atoms with Crippen LogP contribution in [0.25, 0.3) is 0 Å². The van der Waals surface area contributed by atoms with E-state index in [-0.39, 0.29) is 18.5 Å². The van der Waals surface area contributed by atoms with Gasteiger partial charge in [0, 0.05) is 24.0 Å². The van der Waals surface area contributed by atoms with Gasteiger partial charge in [-0.15, -0.1) is 0 Å². The van der Waals surface area contributed by atoms with Gasteiger partial charge in [0.25, 0.3) is 5.91 Å². The Bertz CT molecular complexity index is 818. The monoisotopic (exact) mass is 400 g/mol. The summed E-state index contributed by atoms with van der Waals surface area (Å²) >= 11 is 0. The van der Waals surface area contributed by atoms with Gasteiger partial charge in [-0.25, -0.2) is 4.39 Å². The normalized spacial score (nSPS) is 15.0. The van der Waals surface area contributed by atoms with Gasteiger partial charge in [-0.2, -0.15) is 0 Å². The Morgan fingerprint density at radius 3 is 2.31 bits per heavy atom. The van der Waals surface area contributed by atoms with Crippen molar-refractivity contribution in [2.24, 2.45) is 0 Å². The Morgan fingerprint density at radius 2 is 1.69 bits per heavy atom. The predicted molar refractivity (Wildman–Crippen MR) is 107 cm³/mol. The van der Waals surface area contributed by atoms with Crippen molar-refractivity contribution in [2.75, 3.05) is 33.3 Å². The average molecular weight is 400 g/mol. The summed E-state index contributed by atoms with van der Waals surface area (Å²) in [6.07, 6.45) is 2.37. The van der Waals surface area contributed by atoms with Gasteiger partial charge in [0.05, 0.1) is 33.3 Å². The van der Waals surface area contributed by atoms with Crippen LogP contribution in [0.1, 0.15) is 34.8 Å². The van der Waals surface area contributed by atoms with Gasteiger partial charge >= 0.3 is 0 Å². The van der Waals surface area contributed by atoms with Crippen molar-refractivity contribution >= 4 is 11.8 Å². The molecule has 0 radical (unpaired) electrons. The van der Waals surface area contributed by atoms with Gasteiger partial charge in [0.2, 0.25) is 5.91 Å². The Morgan fingerprint density at radius 1 is 1.03 bits per heavy atom. The van der Waals surface area contributed by atoms with E-state index < -0.39 is 11.7 Å².